The molecule has 0 aliphatic heterocycles. The van der Waals surface area contributed by atoms with Crippen LogP contribution >= 0.6 is 0 Å². The van der Waals surface area contributed by atoms with Crippen LogP contribution in [0.25, 0.3) is 0 Å². The van der Waals surface area contributed by atoms with E-state index in [9.17, 15) is 14.9 Å². The summed E-state index contributed by atoms with van der Waals surface area (Å²) in [4.78, 5) is 21.2. The van der Waals surface area contributed by atoms with Crippen LogP contribution in [0.1, 0.15) is 44.0 Å². The van der Waals surface area contributed by atoms with Gasteiger partial charge in [0.25, 0.3) is 5.69 Å². The molecule has 98 valence electrons. The van der Waals surface area contributed by atoms with Gasteiger partial charge in [-0.15, -0.1) is 0 Å². The third kappa shape index (κ3) is 3.06. The minimum absolute atomic E-state index is 0.0623. The summed E-state index contributed by atoms with van der Waals surface area (Å²) in [6.45, 7) is 6.08. The van der Waals surface area contributed by atoms with Gasteiger partial charge in [0.1, 0.15) is 12.0 Å². The number of anilines is 1. The Kier molecular flexibility index (Phi) is 4.42. The number of carbonyl (C=O) groups is 1. The molecule has 1 rings (SSSR count). The molecule has 0 fully saturated rings. The van der Waals surface area contributed by atoms with E-state index in [1.807, 2.05) is 20.8 Å². The highest BCUT2D eigenvalue weighted by Crippen LogP contribution is 2.30. The molecule has 0 aromatic heterocycles. The van der Waals surface area contributed by atoms with Crippen molar-refractivity contribution in [2.24, 2.45) is 0 Å². The molecule has 0 atom stereocenters. The number of aldehydes is 1. The van der Waals surface area contributed by atoms with E-state index in [-0.39, 0.29) is 11.2 Å². The quantitative estimate of drug-likeness (QED) is 0.477. The summed E-state index contributed by atoms with van der Waals surface area (Å²) in [7, 11) is 0. The van der Waals surface area contributed by atoms with E-state index in [2.05, 4.69) is 5.32 Å². The molecule has 0 aliphatic carbocycles. The number of hydrogen-bond donors (Lipinski definition) is 1. The molecular weight excluding hydrogens is 232 g/mol. The number of nitrogens with one attached hydrogen (secondary N) is 1. The highest BCUT2D eigenvalue weighted by atomic mass is 16.6. The van der Waals surface area contributed by atoms with Gasteiger partial charge < -0.3 is 5.32 Å². The molecule has 5 heteroatoms. The molecule has 0 unspecified atom stereocenters. The molecule has 18 heavy (non-hydrogen) atoms. The third-order valence-corrected chi connectivity index (χ3v) is 3.35. The summed E-state index contributed by atoms with van der Waals surface area (Å²) in [6, 6.07) is 4.46. The van der Waals surface area contributed by atoms with Crippen LogP contribution in [0.2, 0.25) is 0 Å². The molecule has 5 nitrogen and oxygen atoms in total. The molecule has 0 amide bonds. The number of carbonyl (C=O) groups excluding carboxylic acids is 1. The van der Waals surface area contributed by atoms with Crippen molar-refractivity contribution in [3.8, 4) is 0 Å². The second-order valence-corrected chi connectivity index (χ2v) is 4.54. The van der Waals surface area contributed by atoms with E-state index in [0.29, 0.717) is 17.5 Å². The minimum atomic E-state index is -0.471. The van der Waals surface area contributed by atoms with E-state index in [4.69, 9.17) is 0 Å². The first-order valence-electron chi connectivity index (χ1n) is 5.97. The molecule has 0 heterocycles. The van der Waals surface area contributed by atoms with Crippen LogP contribution in [0.15, 0.2) is 18.2 Å². The van der Waals surface area contributed by atoms with Crippen LogP contribution in [-0.4, -0.2) is 16.7 Å². The molecular formula is C13H18N2O3. The maximum atomic E-state index is 11.0. The fourth-order valence-corrected chi connectivity index (χ4v) is 1.63. The average Bonchev–Trinajstić information content (AvgIpc) is 2.38. The smallest absolute Gasteiger partial charge is 0.293 e. The zero-order valence-electron chi connectivity index (χ0n) is 10.9. The van der Waals surface area contributed by atoms with Crippen molar-refractivity contribution >= 4 is 17.7 Å². The van der Waals surface area contributed by atoms with Crippen LogP contribution < -0.4 is 5.32 Å². The van der Waals surface area contributed by atoms with E-state index < -0.39 is 4.92 Å². The summed E-state index contributed by atoms with van der Waals surface area (Å²) in [5.41, 5.74) is 0.513. The molecule has 0 saturated heterocycles. The lowest BCUT2D eigenvalue weighted by Gasteiger charge is -2.29. The lowest BCUT2D eigenvalue weighted by molar-refractivity contribution is -0.384. The number of nitro groups is 1. The lowest BCUT2D eigenvalue weighted by Crippen LogP contribution is -2.33. The van der Waals surface area contributed by atoms with Gasteiger partial charge in [-0.05, 0) is 31.9 Å². The Hall–Kier alpha value is -1.91. The van der Waals surface area contributed by atoms with Gasteiger partial charge in [0.15, 0.2) is 0 Å². The Bertz CT molecular complexity index is 454. The Morgan fingerprint density at radius 2 is 2.00 bits per heavy atom. The summed E-state index contributed by atoms with van der Waals surface area (Å²) in [5, 5.41) is 14.2. The zero-order chi connectivity index (χ0) is 13.8. The topological polar surface area (TPSA) is 72.2 Å². The molecule has 0 aliphatic rings. The normalized spacial score (nSPS) is 11.1. The number of benzene rings is 1. The van der Waals surface area contributed by atoms with Gasteiger partial charge >= 0.3 is 0 Å². The second kappa shape index (κ2) is 5.62. The van der Waals surface area contributed by atoms with Gasteiger partial charge in [-0.2, -0.15) is 0 Å². The fraction of sp³-hybridized carbons (Fsp3) is 0.462. The minimum Gasteiger partial charge on any atom is -0.374 e. The number of rotatable bonds is 6. The van der Waals surface area contributed by atoms with Crippen LogP contribution in [0.3, 0.4) is 0 Å². The van der Waals surface area contributed by atoms with Crippen molar-refractivity contribution in [1.82, 2.24) is 0 Å². The second-order valence-electron chi connectivity index (χ2n) is 4.54. The summed E-state index contributed by atoms with van der Waals surface area (Å²) < 4.78 is 0. The van der Waals surface area contributed by atoms with Crippen LogP contribution in [0.4, 0.5) is 11.4 Å². The van der Waals surface area contributed by atoms with Gasteiger partial charge in [-0.3, -0.25) is 14.9 Å². The van der Waals surface area contributed by atoms with Crippen molar-refractivity contribution in [3.63, 3.8) is 0 Å². The van der Waals surface area contributed by atoms with Crippen molar-refractivity contribution in [2.45, 2.75) is 39.2 Å². The Labute approximate surface area is 106 Å². The van der Waals surface area contributed by atoms with Gasteiger partial charge in [0.05, 0.1) is 4.92 Å². The van der Waals surface area contributed by atoms with E-state index >= 15 is 0 Å². The summed E-state index contributed by atoms with van der Waals surface area (Å²) in [6.07, 6.45) is 2.32. The van der Waals surface area contributed by atoms with Crippen molar-refractivity contribution in [2.75, 3.05) is 5.32 Å². The largest absolute Gasteiger partial charge is 0.374 e. The molecule has 0 saturated carbocycles. The molecule has 1 aromatic carbocycles. The SMILES string of the molecule is CCC(C)(CC)Nc1ccc(C=O)cc1[N+](=O)[O-]. The number of nitro benzene ring substituents is 1. The maximum Gasteiger partial charge on any atom is 0.293 e. The first-order valence-corrected chi connectivity index (χ1v) is 5.97. The van der Waals surface area contributed by atoms with Crippen LogP contribution in [0, 0.1) is 10.1 Å². The molecule has 0 spiro atoms. The first kappa shape index (κ1) is 14.2. The van der Waals surface area contributed by atoms with Crippen molar-refractivity contribution in [3.05, 3.63) is 33.9 Å². The highest BCUT2D eigenvalue weighted by Gasteiger charge is 2.23. The monoisotopic (exact) mass is 250 g/mol. The zero-order valence-corrected chi connectivity index (χ0v) is 10.9. The third-order valence-electron chi connectivity index (χ3n) is 3.35. The highest BCUT2D eigenvalue weighted by molar-refractivity contribution is 5.79. The molecule has 0 radical (unpaired) electrons. The Balaban J connectivity index is 3.16. The number of nitrogens with zero attached hydrogens (tertiary/aromatic N) is 1. The molecule has 1 N–H and O–H groups in total. The van der Waals surface area contributed by atoms with Crippen molar-refractivity contribution in [1.29, 1.82) is 0 Å². The predicted octanol–water partition coefficient (Wildman–Crippen LogP) is 3.40. The molecule has 0 bridgehead atoms. The van der Waals surface area contributed by atoms with Crippen LogP contribution in [-0.2, 0) is 0 Å². The van der Waals surface area contributed by atoms with Gasteiger partial charge in [0, 0.05) is 17.2 Å². The Morgan fingerprint density at radius 3 is 2.44 bits per heavy atom. The lowest BCUT2D eigenvalue weighted by atomic mass is 9.95. The maximum absolute atomic E-state index is 11.0. The molecule has 1 aromatic rings. The predicted molar refractivity (Wildman–Crippen MR) is 71.1 cm³/mol. The van der Waals surface area contributed by atoms with E-state index in [0.717, 1.165) is 12.8 Å². The van der Waals surface area contributed by atoms with Crippen LogP contribution in [0.5, 0.6) is 0 Å². The van der Waals surface area contributed by atoms with Crippen molar-refractivity contribution < 1.29 is 9.72 Å². The number of hydrogen-bond acceptors (Lipinski definition) is 4. The fourth-order valence-electron chi connectivity index (χ4n) is 1.63. The van der Waals surface area contributed by atoms with Gasteiger partial charge in [-0.1, -0.05) is 13.8 Å². The van der Waals surface area contributed by atoms with Gasteiger partial charge in [-0.25, -0.2) is 0 Å². The van der Waals surface area contributed by atoms with E-state index in [1.165, 1.54) is 6.07 Å². The average molecular weight is 250 g/mol. The first-order chi connectivity index (χ1) is 8.45. The Morgan fingerprint density at radius 1 is 1.39 bits per heavy atom. The van der Waals surface area contributed by atoms with E-state index in [1.54, 1.807) is 12.1 Å². The summed E-state index contributed by atoms with van der Waals surface area (Å²) >= 11 is 0. The van der Waals surface area contributed by atoms with Gasteiger partial charge in [0.2, 0.25) is 0 Å². The standard InChI is InChI=1S/C13H18N2O3/c1-4-13(3,5-2)14-11-7-6-10(9-16)8-12(11)15(17)18/h6-9,14H,4-5H2,1-3H3. The summed E-state index contributed by atoms with van der Waals surface area (Å²) in [5.74, 6) is 0.